The second-order valence-electron chi connectivity index (χ2n) is 9.51. The van der Waals surface area contributed by atoms with E-state index in [-0.39, 0.29) is 30.6 Å². The molecule has 4 aromatic rings. The summed E-state index contributed by atoms with van der Waals surface area (Å²) in [4.78, 5) is 27.5. The summed E-state index contributed by atoms with van der Waals surface area (Å²) in [6.45, 7) is 4.11. The Morgan fingerprint density at radius 2 is 1.92 bits per heavy atom. The number of anilines is 1. The number of halogens is 4. The SMILES string of the molecule is CC(C)N1Cc2cc(C(F)(F)F)ncc2-c2cnc(NCc3c(F)ccc4c3CCO4)n3cnc(c23)C1=O. The minimum absolute atomic E-state index is 0.0453. The monoisotopic (exact) mass is 526 g/mol. The second kappa shape index (κ2) is 8.67. The Morgan fingerprint density at radius 3 is 2.68 bits per heavy atom. The molecule has 0 radical (unpaired) electrons. The molecular formula is C26H22F4N6O2. The average Bonchev–Trinajstić information content (AvgIpc) is 3.52. The maximum absolute atomic E-state index is 14.7. The van der Waals surface area contributed by atoms with E-state index < -0.39 is 17.8 Å². The van der Waals surface area contributed by atoms with Crippen LogP contribution in [-0.2, 0) is 25.7 Å². The number of rotatable bonds is 4. The number of ether oxygens (including phenoxy) is 1. The van der Waals surface area contributed by atoms with E-state index >= 15 is 0 Å². The van der Waals surface area contributed by atoms with Crippen molar-refractivity contribution in [3.8, 4) is 16.9 Å². The zero-order valence-electron chi connectivity index (χ0n) is 20.4. The highest BCUT2D eigenvalue weighted by atomic mass is 19.4. The third-order valence-corrected chi connectivity index (χ3v) is 6.93. The molecule has 196 valence electrons. The third kappa shape index (κ3) is 3.82. The first kappa shape index (κ1) is 24.1. The molecule has 1 N–H and O–H groups in total. The maximum atomic E-state index is 14.7. The lowest BCUT2D eigenvalue weighted by Crippen LogP contribution is -2.37. The molecule has 0 fully saturated rings. The fourth-order valence-electron chi connectivity index (χ4n) is 5.01. The van der Waals surface area contributed by atoms with Gasteiger partial charge in [-0.1, -0.05) is 0 Å². The number of carbonyl (C=O) groups is 1. The number of hydrogen-bond donors (Lipinski definition) is 1. The van der Waals surface area contributed by atoms with E-state index in [0.29, 0.717) is 52.5 Å². The van der Waals surface area contributed by atoms with E-state index in [2.05, 4.69) is 20.3 Å². The van der Waals surface area contributed by atoms with Crippen molar-refractivity contribution in [3.63, 3.8) is 0 Å². The number of nitrogens with one attached hydrogen (secondary N) is 1. The zero-order valence-corrected chi connectivity index (χ0v) is 20.4. The first-order valence-corrected chi connectivity index (χ1v) is 12.0. The van der Waals surface area contributed by atoms with Crippen LogP contribution in [0.1, 0.15) is 46.7 Å². The molecule has 6 rings (SSSR count). The number of carbonyl (C=O) groups excluding carboxylic acids is 1. The van der Waals surface area contributed by atoms with E-state index in [4.69, 9.17) is 4.74 Å². The highest BCUT2D eigenvalue weighted by molar-refractivity contribution is 6.04. The van der Waals surface area contributed by atoms with Gasteiger partial charge in [0.1, 0.15) is 23.6 Å². The number of benzene rings is 1. The predicted molar refractivity (Wildman–Crippen MR) is 129 cm³/mol. The number of alkyl halides is 3. The Kier molecular flexibility index (Phi) is 5.51. The Bertz CT molecular complexity index is 1600. The Morgan fingerprint density at radius 1 is 1.13 bits per heavy atom. The number of pyridine rings is 1. The van der Waals surface area contributed by atoms with Crippen LogP contribution in [0.2, 0.25) is 0 Å². The molecule has 0 bridgehead atoms. The van der Waals surface area contributed by atoms with Gasteiger partial charge in [0.2, 0.25) is 5.95 Å². The molecule has 0 atom stereocenters. The lowest BCUT2D eigenvalue weighted by molar-refractivity contribution is -0.141. The molecule has 2 aliphatic heterocycles. The molecule has 1 aromatic carbocycles. The summed E-state index contributed by atoms with van der Waals surface area (Å²) >= 11 is 0. The number of amides is 1. The Labute approximate surface area is 214 Å². The van der Waals surface area contributed by atoms with E-state index in [1.807, 2.05) is 0 Å². The Hall–Kier alpha value is -4.22. The van der Waals surface area contributed by atoms with Crippen molar-refractivity contribution in [1.29, 1.82) is 0 Å². The molecular weight excluding hydrogens is 504 g/mol. The van der Waals surface area contributed by atoms with Crippen molar-refractivity contribution in [2.24, 2.45) is 0 Å². The van der Waals surface area contributed by atoms with Crippen LogP contribution < -0.4 is 10.1 Å². The fourth-order valence-corrected chi connectivity index (χ4v) is 5.01. The Balaban J connectivity index is 1.48. The number of fused-ring (bicyclic) bond motifs is 3. The molecule has 0 saturated heterocycles. The summed E-state index contributed by atoms with van der Waals surface area (Å²) < 4.78 is 62.2. The summed E-state index contributed by atoms with van der Waals surface area (Å²) in [5.41, 5.74) is 1.87. The van der Waals surface area contributed by atoms with Crippen LogP contribution in [-0.4, -0.2) is 42.8 Å². The average molecular weight is 526 g/mol. The van der Waals surface area contributed by atoms with E-state index in [0.717, 1.165) is 17.8 Å². The quantitative estimate of drug-likeness (QED) is 0.383. The van der Waals surface area contributed by atoms with Gasteiger partial charge in [0, 0.05) is 60.2 Å². The molecule has 1 amide bonds. The topological polar surface area (TPSA) is 84.7 Å². The number of imidazole rings is 1. The fraction of sp³-hybridized carbons (Fsp3) is 0.308. The second-order valence-corrected chi connectivity index (χ2v) is 9.51. The minimum Gasteiger partial charge on any atom is -0.493 e. The molecule has 8 nitrogen and oxygen atoms in total. The van der Waals surface area contributed by atoms with Gasteiger partial charge in [0.15, 0.2) is 5.69 Å². The largest absolute Gasteiger partial charge is 0.493 e. The highest BCUT2D eigenvalue weighted by Gasteiger charge is 2.35. The summed E-state index contributed by atoms with van der Waals surface area (Å²) in [5.74, 6) is 0.147. The first-order valence-electron chi connectivity index (χ1n) is 12.0. The maximum Gasteiger partial charge on any atom is 0.433 e. The predicted octanol–water partition coefficient (Wildman–Crippen LogP) is 4.86. The molecule has 0 spiro atoms. The van der Waals surface area contributed by atoms with Gasteiger partial charge < -0.3 is 15.0 Å². The lowest BCUT2D eigenvalue weighted by atomic mass is 9.98. The zero-order chi connectivity index (χ0) is 26.8. The smallest absolute Gasteiger partial charge is 0.433 e. The molecule has 38 heavy (non-hydrogen) atoms. The molecule has 2 aliphatic rings. The van der Waals surface area contributed by atoms with Gasteiger partial charge in [-0.05, 0) is 37.6 Å². The molecule has 0 aliphatic carbocycles. The van der Waals surface area contributed by atoms with Crippen LogP contribution in [0.25, 0.3) is 16.6 Å². The molecule has 0 saturated carbocycles. The summed E-state index contributed by atoms with van der Waals surface area (Å²) in [6, 6.07) is 3.63. The van der Waals surface area contributed by atoms with Gasteiger partial charge in [-0.25, -0.2) is 14.4 Å². The molecule has 5 heterocycles. The van der Waals surface area contributed by atoms with Crippen molar-refractivity contribution in [3.05, 3.63) is 70.8 Å². The van der Waals surface area contributed by atoms with Crippen molar-refractivity contribution in [2.75, 3.05) is 11.9 Å². The van der Waals surface area contributed by atoms with Crippen LogP contribution >= 0.6 is 0 Å². The summed E-state index contributed by atoms with van der Waals surface area (Å²) in [5, 5.41) is 3.13. The van der Waals surface area contributed by atoms with Crippen LogP contribution in [0, 0.1) is 5.82 Å². The van der Waals surface area contributed by atoms with Crippen LogP contribution in [0.15, 0.2) is 36.9 Å². The van der Waals surface area contributed by atoms with Crippen LogP contribution in [0.4, 0.5) is 23.5 Å². The summed E-state index contributed by atoms with van der Waals surface area (Å²) in [7, 11) is 0. The van der Waals surface area contributed by atoms with E-state index in [1.54, 1.807) is 24.3 Å². The molecule has 3 aromatic heterocycles. The van der Waals surface area contributed by atoms with Crippen LogP contribution in [0.5, 0.6) is 5.75 Å². The molecule has 12 heteroatoms. The van der Waals surface area contributed by atoms with Crippen molar-refractivity contribution in [2.45, 2.75) is 45.6 Å². The van der Waals surface area contributed by atoms with Gasteiger partial charge in [-0.2, -0.15) is 13.2 Å². The van der Waals surface area contributed by atoms with Gasteiger partial charge in [0.25, 0.3) is 5.91 Å². The van der Waals surface area contributed by atoms with Crippen molar-refractivity contribution < 1.29 is 27.1 Å². The number of hydrogen-bond acceptors (Lipinski definition) is 6. The molecule has 0 unspecified atom stereocenters. The van der Waals surface area contributed by atoms with Crippen molar-refractivity contribution >= 4 is 17.4 Å². The summed E-state index contributed by atoms with van der Waals surface area (Å²) in [6.07, 6.45) is 0.0204. The van der Waals surface area contributed by atoms with Crippen LogP contribution in [0.3, 0.4) is 0 Å². The van der Waals surface area contributed by atoms with Gasteiger partial charge in [0.05, 0.1) is 12.1 Å². The van der Waals surface area contributed by atoms with Crippen molar-refractivity contribution in [1.82, 2.24) is 24.3 Å². The van der Waals surface area contributed by atoms with E-state index in [9.17, 15) is 22.4 Å². The standard InChI is InChI=1S/C26H22F4N6O2/c1-13(2)35-11-14-7-21(26(28,29)30)31-8-16(14)18-10-33-25(36-12-34-22(23(18)36)24(35)37)32-9-17-15-5-6-38-20(15)4-3-19(17)27/h3-4,7-8,10,12-13H,5-6,9,11H2,1-2H3,(H,32,33). The number of aromatic nitrogens is 4. The normalized spacial score (nSPS) is 14.8. The highest BCUT2D eigenvalue weighted by Crippen LogP contribution is 2.37. The van der Waals surface area contributed by atoms with Gasteiger partial charge >= 0.3 is 6.18 Å². The van der Waals surface area contributed by atoms with E-state index in [1.165, 1.54) is 23.5 Å². The number of nitrogens with zero attached hydrogens (tertiary/aromatic N) is 5. The third-order valence-electron chi connectivity index (χ3n) is 6.93. The minimum atomic E-state index is -4.63. The first-order chi connectivity index (χ1) is 18.1. The lowest BCUT2D eigenvalue weighted by Gasteiger charge is -2.29. The van der Waals surface area contributed by atoms with Gasteiger partial charge in [-0.15, -0.1) is 0 Å². The van der Waals surface area contributed by atoms with Gasteiger partial charge in [-0.3, -0.25) is 14.2 Å².